The van der Waals surface area contributed by atoms with Gasteiger partial charge in [0.1, 0.15) is 0 Å². The largest absolute Gasteiger partial charge is 0.379 e. The Bertz CT molecular complexity index is 740. The quantitative estimate of drug-likeness (QED) is 0.765. The van der Waals surface area contributed by atoms with E-state index >= 15 is 0 Å². The molecule has 0 spiro atoms. The Morgan fingerprint density at radius 1 is 1.31 bits per heavy atom. The van der Waals surface area contributed by atoms with E-state index in [1.165, 1.54) is 16.7 Å². The summed E-state index contributed by atoms with van der Waals surface area (Å²) in [6, 6.07) is 8.26. The van der Waals surface area contributed by atoms with Crippen molar-refractivity contribution in [2.45, 2.75) is 52.6 Å². The first kappa shape index (κ1) is 18.6. The number of hydrogen-bond acceptors (Lipinski definition) is 3. The maximum absolute atomic E-state index is 13.0. The fourth-order valence-electron chi connectivity index (χ4n) is 3.78. The van der Waals surface area contributed by atoms with Gasteiger partial charge in [-0.1, -0.05) is 24.3 Å². The van der Waals surface area contributed by atoms with Crippen LogP contribution in [0.4, 0.5) is 0 Å². The van der Waals surface area contributed by atoms with Crippen molar-refractivity contribution in [2.24, 2.45) is 0 Å². The molecule has 1 aromatic carbocycles. The van der Waals surface area contributed by atoms with Crippen LogP contribution in [0, 0.1) is 6.92 Å². The van der Waals surface area contributed by atoms with Crippen molar-refractivity contribution in [3.63, 3.8) is 0 Å². The van der Waals surface area contributed by atoms with Gasteiger partial charge in [-0.3, -0.25) is 9.48 Å². The molecule has 0 radical (unpaired) electrons. The lowest BCUT2D eigenvalue weighted by Gasteiger charge is -2.36. The van der Waals surface area contributed by atoms with E-state index in [1.807, 2.05) is 34.8 Å². The normalized spacial score (nSPS) is 16.6. The second-order valence-electron chi connectivity index (χ2n) is 6.81. The molecule has 26 heavy (non-hydrogen) atoms. The predicted octanol–water partition coefficient (Wildman–Crippen LogP) is 3.31. The van der Waals surface area contributed by atoms with Crippen LogP contribution < -0.4 is 0 Å². The lowest BCUT2D eigenvalue weighted by molar-refractivity contribution is -0.135. The molecule has 1 atom stereocenters. The zero-order valence-electron chi connectivity index (χ0n) is 16.1. The standard InChI is InChI=1S/C21H29N3O2/c1-4-24-21-18(14-22-24)12-13-23(19(21)15-26-5-2)20(25)11-10-17-9-7-6-8-16(17)3/h6-9,14,19H,4-5,10-13,15H2,1-3H3/t19-/m0/s1. The Morgan fingerprint density at radius 2 is 2.12 bits per heavy atom. The molecule has 0 fully saturated rings. The highest BCUT2D eigenvalue weighted by molar-refractivity contribution is 5.77. The first-order valence-electron chi connectivity index (χ1n) is 9.62. The van der Waals surface area contributed by atoms with Crippen LogP contribution in [-0.4, -0.2) is 40.3 Å². The summed E-state index contributed by atoms with van der Waals surface area (Å²) in [5.41, 5.74) is 4.89. The van der Waals surface area contributed by atoms with Crippen LogP contribution in [-0.2, 0) is 28.9 Å². The molecule has 140 valence electrons. The van der Waals surface area contributed by atoms with E-state index in [0.29, 0.717) is 19.6 Å². The summed E-state index contributed by atoms with van der Waals surface area (Å²) in [6.45, 7) is 8.92. The minimum atomic E-state index is -0.0366. The van der Waals surface area contributed by atoms with Gasteiger partial charge >= 0.3 is 0 Å². The molecule has 1 aliphatic rings. The third-order valence-electron chi connectivity index (χ3n) is 5.24. The Balaban J connectivity index is 1.76. The molecule has 2 heterocycles. The van der Waals surface area contributed by atoms with Crippen molar-refractivity contribution in [3.05, 3.63) is 52.8 Å². The van der Waals surface area contributed by atoms with Gasteiger partial charge in [-0.2, -0.15) is 5.10 Å². The second kappa shape index (κ2) is 8.49. The van der Waals surface area contributed by atoms with Gasteiger partial charge in [0.15, 0.2) is 0 Å². The van der Waals surface area contributed by atoms with Crippen molar-refractivity contribution in [1.29, 1.82) is 0 Å². The molecular weight excluding hydrogens is 326 g/mol. The van der Waals surface area contributed by atoms with E-state index in [2.05, 4.69) is 31.1 Å². The first-order chi connectivity index (χ1) is 12.7. The third-order valence-corrected chi connectivity index (χ3v) is 5.24. The van der Waals surface area contributed by atoms with Crippen LogP contribution in [0.2, 0.25) is 0 Å². The first-order valence-corrected chi connectivity index (χ1v) is 9.62. The SMILES string of the molecule is CCOC[C@H]1c2c(cnn2CC)CCN1C(=O)CCc1ccccc1C. The summed E-state index contributed by atoms with van der Waals surface area (Å²) < 4.78 is 7.74. The fourth-order valence-corrected chi connectivity index (χ4v) is 3.78. The van der Waals surface area contributed by atoms with Crippen molar-refractivity contribution < 1.29 is 9.53 Å². The van der Waals surface area contributed by atoms with Gasteiger partial charge < -0.3 is 9.64 Å². The number of benzene rings is 1. The number of nitrogens with zero attached hydrogens (tertiary/aromatic N) is 3. The zero-order valence-corrected chi connectivity index (χ0v) is 16.1. The molecule has 0 aliphatic carbocycles. The van der Waals surface area contributed by atoms with Crippen LogP contribution in [0.25, 0.3) is 0 Å². The van der Waals surface area contributed by atoms with Crippen molar-refractivity contribution in [2.75, 3.05) is 19.8 Å². The van der Waals surface area contributed by atoms with Crippen LogP contribution in [0.1, 0.15) is 48.7 Å². The van der Waals surface area contributed by atoms with Gasteiger partial charge in [0.25, 0.3) is 0 Å². The fraction of sp³-hybridized carbons (Fsp3) is 0.524. The van der Waals surface area contributed by atoms with Gasteiger partial charge in [0, 0.05) is 26.1 Å². The molecule has 1 aromatic heterocycles. The summed E-state index contributed by atoms with van der Waals surface area (Å²) in [4.78, 5) is 15.0. The van der Waals surface area contributed by atoms with Crippen molar-refractivity contribution in [3.8, 4) is 0 Å². The molecule has 3 rings (SSSR count). The molecule has 2 aromatic rings. The van der Waals surface area contributed by atoms with Crippen molar-refractivity contribution >= 4 is 5.91 Å². The minimum Gasteiger partial charge on any atom is -0.379 e. The van der Waals surface area contributed by atoms with Crippen LogP contribution in [0.3, 0.4) is 0 Å². The van der Waals surface area contributed by atoms with Crippen LogP contribution in [0.5, 0.6) is 0 Å². The Hall–Kier alpha value is -2.14. The topological polar surface area (TPSA) is 47.4 Å². The molecule has 5 heteroatoms. The number of carbonyl (C=O) groups is 1. The van der Waals surface area contributed by atoms with Crippen molar-refractivity contribution in [1.82, 2.24) is 14.7 Å². The number of rotatable bonds is 7. The lowest BCUT2D eigenvalue weighted by atomic mass is 9.98. The number of carbonyl (C=O) groups excluding carboxylic acids is 1. The summed E-state index contributed by atoms with van der Waals surface area (Å²) in [5.74, 6) is 0.201. The maximum Gasteiger partial charge on any atom is 0.223 e. The van der Waals surface area contributed by atoms with E-state index in [0.717, 1.165) is 31.6 Å². The number of aromatic nitrogens is 2. The molecular formula is C21H29N3O2. The molecule has 0 saturated carbocycles. The second-order valence-corrected chi connectivity index (χ2v) is 6.81. The highest BCUT2D eigenvalue weighted by Gasteiger charge is 2.33. The summed E-state index contributed by atoms with van der Waals surface area (Å²) >= 11 is 0. The Morgan fingerprint density at radius 3 is 2.85 bits per heavy atom. The van der Waals surface area contributed by atoms with Gasteiger partial charge in [-0.15, -0.1) is 0 Å². The maximum atomic E-state index is 13.0. The number of fused-ring (bicyclic) bond motifs is 1. The summed E-state index contributed by atoms with van der Waals surface area (Å²) in [5, 5.41) is 4.50. The van der Waals surface area contributed by atoms with Gasteiger partial charge in [-0.05, 0) is 50.3 Å². The van der Waals surface area contributed by atoms with Gasteiger partial charge in [0.2, 0.25) is 5.91 Å². The highest BCUT2D eigenvalue weighted by atomic mass is 16.5. The monoisotopic (exact) mass is 355 g/mol. The van der Waals surface area contributed by atoms with Crippen LogP contribution >= 0.6 is 0 Å². The van der Waals surface area contributed by atoms with Crippen LogP contribution in [0.15, 0.2) is 30.5 Å². The minimum absolute atomic E-state index is 0.0366. The lowest BCUT2D eigenvalue weighted by Crippen LogP contribution is -2.43. The number of hydrogen-bond donors (Lipinski definition) is 0. The number of ether oxygens (including phenoxy) is 1. The molecule has 5 nitrogen and oxygen atoms in total. The number of amides is 1. The summed E-state index contributed by atoms with van der Waals surface area (Å²) in [7, 11) is 0. The third kappa shape index (κ3) is 3.83. The molecule has 0 saturated heterocycles. The van der Waals surface area contributed by atoms with E-state index in [1.54, 1.807) is 0 Å². The van der Waals surface area contributed by atoms with E-state index in [4.69, 9.17) is 4.74 Å². The average molecular weight is 355 g/mol. The Labute approximate surface area is 156 Å². The van der Waals surface area contributed by atoms with E-state index < -0.39 is 0 Å². The zero-order chi connectivity index (χ0) is 18.5. The Kier molecular flexibility index (Phi) is 6.09. The molecule has 1 aliphatic heterocycles. The predicted molar refractivity (Wildman–Crippen MR) is 102 cm³/mol. The average Bonchev–Trinajstić information content (AvgIpc) is 3.08. The van der Waals surface area contributed by atoms with Gasteiger partial charge in [-0.25, -0.2) is 0 Å². The molecule has 0 unspecified atom stereocenters. The van der Waals surface area contributed by atoms with E-state index in [9.17, 15) is 4.79 Å². The highest BCUT2D eigenvalue weighted by Crippen LogP contribution is 2.31. The summed E-state index contributed by atoms with van der Waals surface area (Å²) in [6.07, 6.45) is 4.13. The smallest absolute Gasteiger partial charge is 0.223 e. The molecule has 0 N–H and O–H groups in total. The molecule has 1 amide bonds. The number of aryl methyl sites for hydroxylation is 3. The van der Waals surface area contributed by atoms with Gasteiger partial charge in [0.05, 0.1) is 24.5 Å². The molecule has 0 bridgehead atoms. The van der Waals surface area contributed by atoms with E-state index in [-0.39, 0.29) is 11.9 Å².